The maximum atomic E-state index is 5.45. The molecule has 4 heteroatoms. The zero-order valence-electron chi connectivity index (χ0n) is 6.66. The topological polar surface area (TPSA) is 51.8 Å². The second-order valence-corrected chi connectivity index (χ2v) is 3.42. The zero-order valence-corrected chi connectivity index (χ0v) is 7.48. The molecular weight excluding hydrogens is 158 g/mol. The molecule has 0 aliphatic heterocycles. The minimum Gasteiger partial charge on any atom is -0.368 e. The minimum absolute atomic E-state index is 0.362. The van der Waals surface area contributed by atoms with Crippen LogP contribution in [0.15, 0.2) is 11.1 Å². The van der Waals surface area contributed by atoms with Crippen LogP contribution in [-0.2, 0) is 0 Å². The van der Waals surface area contributed by atoms with E-state index in [1.807, 2.05) is 13.0 Å². The number of aryl methyl sites for hydroxylation is 1. The fourth-order valence-electron chi connectivity index (χ4n) is 0.784. The van der Waals surface area contributed by atoms with Crippen LogP contribution in [-0.4, -0.2) is 15.7 Å². The number of rotatable bonds is 2. The number of nitrogens with zero attached hydrogens (tertiary/aromatic N) is 2. The first-order valence-corrected chi connectivity index (χ1v) is 4.45. The molecule has 0 fully saturated rings. The van der Waals surface area contributed by atoms with Gasteiger partial charge < -0.3 is 5.73 Å². The van der Waals surface area contributed by atoms with Crippen LogP contribution in [0.1, 0.15) is 12.6 Å². The summed E-state index contributed by atoms with van der Waals surface area (Å²) in [6, 6.07) is 1.94. The molecule has 11 heavy (non-hydrogen) atoms. The number of thioether (sulfide) groups is 1. The van der Waals surface area contributed by atoms with Gasteiger partial charge in [0.15, 0.2) is 0 Å². The van der Waals surface area contributed by atoms with Gasteiger partial charge in [0, 0.05) is 5.69 Å². The number of hydrogen-bond donors (Lipinski definition) is 1. The minimum atomic E-state index is 0.362. The average Bonchev–Trinajstić information content (AvgIpc) is 1.85. The van der Waals surface area contributed by atoms with E-state index >= 15 is 0 Å². The second kappa shape index (κ2) is 3.57. The predicted octanol–water partition coefficient (Wildman–Crippen LogP) is 1.48. The third-order valence-corrected chi connectivity index (χ3v) is 1.93. The van der Waals surface area contributed by atoms with Crippen molar-refractivity contribution in [1.82, 2.24) is 9.97 Å². The van der Waals surface area contributed by atoms with Crippen molar-refractivity contribution < 1.29 is 0 Å². The van der Waals surface area contributed by atoms with Crippen molar-refractivity contribution in [1.29, 1.82) is 0 Å². The van der Waals surface area contributed by atoms with Gasteiger partial charge in [-0.1, -0.05) is 6.92 Å². The van der Waals surface area contributed by atoms with E-state index in [9.17, 15) is 0 Å². The van der Waals surface area contributed by atoms with Crippen molar-refractivity contribution in [2.24, 2.45) is 0 Å². The van der Waals surface area contributed by atoms with Gasteiger partial charge in [0.25, 0.3) is 0 Å². The van der Waals surface area contributed by atoms with Crippen LogP contribution in [0.25, 0.3) is 0 Å². The van der Waals surface area contributed by atoms with Crippen LogP contribution >= 0.6 is 11.8 Å². The van der Waals surface area contributed by atoms with Crippen molar-refractivity contribution in [2.45, 2.75) is 18.9 Å². The van der Waals surface area contributed by atoms with Crippen LogP contribution < -0.4 is 5.73 Å². The van der Waals surface area contributed by atoms with E-state index in [-0.39, 0.29) is 0 Å². The molecule has 0 saturated carbocycles. The van der Waals surface area contributed by atoms with Crippen LogP contribution in [0.3, 0.4) is 0 Å². The molecule has 60 valence electrons. The number of nitrogens with two attached hydrogens (primary N) is 1. The quantitative estimate of drug-likeness (QED) is 0.538. The van der Waals surface area contributed by atoms with Gasteiger partial charge in [-0.15, -0.1) is 11.8 Å². The third kappa shape index (κ3) is 2.38. The summed E-state index contributed by atoms with van der Waals surface area (Å²) in [6.45, 7) is 4.00. The van der Waals surface area contributed by atoms with Gasteiger partial charge in [0.05, 0.1) is 0 Å². The summed E-state index contributed by atoms with van der Waals surface area (Å²) in [5.41, 5.74) is 6.38. The van der Waals surface area contributed by atoms with Crippen LogP contribution in [0.2, 0.25) is 0 Å². The average molecular weight is 169 g/mol. The lowest BCUT2D eigenvalue weighted by Crippen LogP contribution is -1.97. The smallest absolute Gasteiger partial charge is 0.221 e. The van der Waals surface area contributed by atoms with Crippen molar-refractivity contribution in [3.8, 4) is 0 Å². The zero-order chi connectivity index (χ0) is 8.27. The molecule has 1 heterocycles. The Bertz CT molecular complexity index is 229. The lowest BCUT2D eigenvalue weighted by atomic mass is 10.5. The Morgan fingerprint density at radius 3 is 2.82 bits per heavy atom. The molecule has 0 bridgehead atoms. The number of aromatic nitrogens is 2. The predicted molar refractivity (Wildman–Crippen MR) is 47.6 cm³/mol. The van der Waals surface area contributed by atoms with Crippen molar-refractivity contribution in [2.75, 3.05) is 11.5 Å². The molecule has 1 aromatic rings. The Kier molecular flexibility index (Phi) is 2.70. The SMILES string of the molecule is CCSc1cc(C)nc(N)n1. The lowest BCUT2D eigenvalue weighted by Gasteiger charge is -1.99. The summed E-state index contributed by atoms with van der Waals surface area (Å²) in [5, 5.41) is 0.956. The summed E-state index contributed by atoms with van der Waals surface area (Å²) in [6.07, 6.45) is 0. The Hall–Kier alpha value is -0.770. The molecule has 0 aliphatic carbocycles. The second-order valence-electron chi connectivity index (χ2n) is 2.14. The van der Waals surface area contributed by atoms with Crippen molar-refractivity contribution in [3.05, 3.63) is 11.8 Å². The first kappa shape index (κ1) is 8.33. The molecule has 1 aromatic heterocycles. The molecule has 0 amide bonds. The van der Waals surface area contributed by atoms with Gasteiger partial charge in [-0.2, -0.15) is 0 Å². The van der Waals surface area contributed by atoms with E-state index in [0.717, 1.165) is 16.5 Å². The highest BCUT2D eigenvalue weighted by molar-refractivity contribution is 7.99. The maximum absolute atomic E-state index is 5.45. The molecule has 1 rings (SSSR count). The Morgan fingerprint density at radius 1 is 1.55 bits per heavy atom. The van der Waals surface area contributed by atoms with Gasteiger partial charge in [-0.3, -0.25) is 0 Å². The Morgan fingerprint density at radius 2 is 2.27 bits per heavy atom. The van der Waals surface area contributed by atoms with Crippen LogP contribution in [0.5, 0.6) is 0 Å². The van der Waals surface area contributed by atoms with Gasteiger partial charge in [-0.25, -0.2) is 9.97 Å². The van der Waals surface area contributed by atoms with E-state index in [2.05, 4.69) is 16.9 Å². The van der Waals surface area contributed by atoms with E-state index in [4.69, 9.17) is 5.73 Å². The fraction of sp³-hybridized carbons (Fsp3) is 0.429. The summed E-state index contributed by atoms with van der Waals surface area (Å²) < 4.78 is 0. The van der Waals surface area contributed by atoms with E-state index in [1.165, 1.54) is 0 Å². The van der Waals surface area contributed by atoms with Gasteiger partial charge in [0.1, 0.15) is 5.03 Å². The standard InChI is InChI=1S/C7H11N3S/c1-3-11-6-4-5(2)9-7(8)10-6/h4H,3H2,1-2H3,(H2,8,9,10). The molecule has 0 unspecified atom stereocenters. The monoisotopic (exact) mass is 169 g/mol. The number of hydrogen-bond acceptors (Lipinski definition) is 4. The van der Waals surface area contributed by atoms with E-state index in [1.54, 1.807) is 11.8 Å². The van der Waals surface area contributed by atoms with E-state index in [0.29, 0.717) is 5.95 Å². The number of anilines is 1. The number of nitrogen functional groups attached to an aromatic ring is 1. The fourth-order valence-corrected chi connectivity index (χ4v) is 1.49. The highest BCUT2D eigenvalue weighted by atomic mass is 32.2. The summed E-state index contributed by atoms with van der Waals surface area (Å²) in [5.74, 6) is 1.37. The molecule has 0 atom stereocenters. The maximum Gasteiger partial charge on any atom is 0.221 e. The molecule has 0 aliphatic rings. The highest BCUT2D eigenvalue weighted by Crippen LogP contribution is 2.15. The van der Waals surface area contributed by atoms with Crippen LogP contribution in [0, 0.1) is 6.92 Å². The lowest BCUT2D eigenvalue weighted by molar-refractivity contribution is 1.02. The molecule has 3 nitrogen and oxygen atoms in total. The third-order valence-electron chi connectivity index (χ3n) is 1.14. The molecule has 0 saturated heterocycles. The summed E-state index contributed by atoms with van der Waals surface area (Å²) >= 11 is 1.67. The van der Waals surface area contributed by atoms with Gasteiger partial charge >= 0.3 is 0 Å². The molecule has 0 spiro atoms. The van der Waals surface area contributed by atoms with Crippen molar-refractivity contribution >= 4 is 17.7 Å². The van der Waals surface area contributed by atoms with Gasteiger partial charge in [0.2, 0.25) is 5.95 Å². The van der Waals surface area contributed by atoms with Crippen molar-refractivity contribution in [3.63, 3.8) is 0 Å². The molecule has 2 N–H and O–H groups in total. The van der Waals surface area contributed by atoms with Crippen LogP contribution in [0.4, 0.5) is 5.95 Å². The van der Waals surface area contributed by atoms with Gasteiger partial charge in [-0.05, 0) is 18.7 Å². The largest absolute Gasteiger partial charge is 0.368 e. The summed E-state index contributed by atoms with van der Waals surface area (Å²) in [4.78, 5) is 8.02. The first-order chi connectivity index (χ1) is 5.22. The molecule has 0 aromatic carbocycles. The Labute approximate surface area is 70.4 Å². The molecule has 0 radical (unpaired) electrons. The normalized spacial score (nSPS) is 10.0. The van der Waals surface area contributed by atoms with E-state index < -0.39 is 0 Å². The Balaban J connectivity index is 2.89. The summed E-state index contributed by atoms with van der Waals surface area (Å²) in [7, 11) is 0. The highest BCUT2D eigenvalue weighted by Gasteiger charge is 1.97. The first-order valence-electron chi connectivity index (χ1n) is 3.46. The molecular formula is C7H11N3S.